The van der Waals surface area contributed by atoms with Gasteiger partial charge in [-0.05, 0) is 24.1 Å². The Hall–Kier alpha value is -2.34. The van der Waals surface area contributed by atoms with E-state index in [-0.39, 0.29) is 12.2 Å². The lowest BCUT2D eigenvalue weighted by molar-refractivity contribution is -0.885. The lowest BCUT2D eigenvalue weighted by Gasteiger charge is -2.16. The van der Waals surface area contributed by atoms with Crippen molar-refractivity contribution in [3.63, 3.8) is 0 Å². The van der Waals surface area contributed by atoms with Gasteiger partial charge < -0.3 is 10.2 Å². The van der Waals surface area contributed by atoms with Gasteiger partial charge in [-0.1, -0.05) is 43.3 Å². The summed E-state index contributed by atoms with van der Waals surface area (Å²) < 4.78 is 38.9. The molecule has 6 heteroatoms. The van der Waals surface area contributed by atoms with Crippen LogP contribution < -0.4 is 10.2 Å². The first kappa shape index (κ1) is 19.0. The van der Waals surface area contributed by atoms with Crippen molar-refractivity contribution in [2.45, 2.75) is 26.1 Å². The van der Waals surface area contributed by atoms with Gasteiger partial charge >= 0.3 is 6.18 Å². The number of hydrogen-bond acceptors (Lipinski definition) is 1. The second-order valence-electron chi connectivity index (χ2n) is 6.07. The molecule has 2 aromatic carbocycles. The molecule has 0 fully saturated rings. The molecule has 0 saturated carbocycles. The summed E-state index contributed by atoms with van der Waals surface area (Å²) in [7, 11) is 1.84. The molecule has 0 radical (unpaired) electrons. The van der Waals surface area contributed by atoms with E-state index in [4.69, 9.17) is 0 Å². The van der Waals surface area contributed by atoms with Gasteiger partial charge in [0.2, 0.25) is 0 Å². The van der Waals surface area contributed by atoms with Crippen molar-refractivity contribution in [1.29, 1.82) is 0 Å². The Morgan fingerprint density at radius 2 is 1.64 bits per heavy atom. The Kier molecular flexibility index (Phi) is 6.20. The summed E-state index contributed by atoms with van der Waals surface area (Å²) >= 11 is 0. The van der Waals surface area contributed by atoms with E-state index in [1.54, 1.807) is 0 Å². The summed E-state index contributed by atoms with van der Waals surface area (Å²) in [6.45, 7) is 2.79. The average molecular weight is 351 g/mol. The monoisotopic (exact) mass is 351 g/mol. The van der Waals surface area contributed by atoms with Crippen LogP contribution in [0.2, 0.25) is 0 Å². The Labute approximate surface area is 145 Å². The molecular weight excluding hydrogens is 329 g/mol. The number of alkyl halides is 3. The first-order chi connectivity index (χ1) is 11.8. The van der Waals surface area contributed by atoms with Gasteiger partial charge in [0.05, 0.1) is 18.3 Å². The molecule has 0 aromatic heterocycles. The smallest absolute Gasteiger partial charge is 0.326 e. The van der Waals surface area contributed by atoms with Crippen LogP contribution in [-0.2, 0) is 23.9 Å². The number of hydrogen-bond donors (Lipinski definition) is 2. The quantitative estimate of drug-likeness (QED) is 0.824. The van der Waals surface area contributed by atoms with Crippen molar-refractivity contribution in [1.82, 2.24) is 0 Å². The van der Waals surface area contributed by atoms with E-state index in [0.29, 0.717) is 6.54 Å². The van der Waals surface area contributed by atoms with Crippen LogP contribution in [0.1, 0.15) is 23.6 Å². The van der Waals surface area contributed by atoms with E-state index in [9.17, 15) is 18.0 Å². The third kappa shape index (κ3) is 5.60. The van der Waals surface area contributed by atoms with E-state index in [0.717, 1.165) is 23.0 Å². The van der Waals surface area contributed by atoms with E-state index in [1.165, 1.54) is 23.8 Å². The molecule has 2 rings (SSSR count). The Morgan fingerprint density at radius 1 is 1.04 bits per heavy atom. The molecular formula is C19H22F3N2O+. The number of aryl methyl sites for hydroxylation is 1. The molecule has 1 unspecified atom stereocenters. The molecule has 1 amide bonds. The molecule has 2 aromatic rings. The highest BCUT2D eigenvalue weighted by Crippen LogP contribution is 2.34. The van der Waals surface area contributed by atoms with Crippen LogP contribution >= 0.6 is 0 Å². The molecule has 0 bridgehead atoms. The van der Waals surface area contributed by atoms with Crippen LogP contribution in [0.3, 0.4) is 0 Å². The van der Waals surface area contributed by atoms with Gasteiger partial charge in [0.1, 0.15) is 6.54 Å². The molecule has 0 saturated heterocycles. The summed E-state index contributed by atoms with van der Waals surface area (Å²) in [5, 5.41) is 2.37. The average Bonchev–Trinajstić information content (AvgIpc) is 2.54. The van der Waals surface area contributed by atoms with Crippen molar-refractivity contribution in [2.24, 2.45) is 0 Å². The minimum absolute atomic E-state index is 0.0850. The van der Waals surface area contributed by atoms with Gasteiger partial charge in [0, 0.05) is 5.56 Å². The minimum Gasteiger partial charge on any atom is -0.326 e. The SMILES string of the molecule is CCc1ccc(C[NH+](C)CC(=O)Nc2ccccc2C(F)(F)F)cc1. The van der Waals surface area contributed by atoms with Crippen LogP contribution in [0.4, 0.5) is 18.9 Å². The van der Waals surface area contributed by atoms with Crippen LogP contribution in [-0.4, -0.2) is 19.5 Å². The number of nitrogens with one attached hydrogen (secondary N) is 2. The van der Waals surface area contributed by atoms with Gasteiger partial charge in [-0.3, -0.25) is 4.79 Å². The number of halogens is 3. The van der Waals surface area contributed by atoms with E-state index < -0.39 is 17.6 Å². The predicted molar refractivity (Wildman–Crippen MR) is 91.4 cm³/mol. The summed E-state index contributed by atoms with van der Waals surface area (Å²) in [6.07, 6.45) is -3.53. The standard InChI is InChI=1S/C19H21F3N2O/c1-3-14-8-10-15(11-9-14)12-24(2)13-18(25)23-17-7-5-4-6-16(17)19(20,21)22/h4-11H,3,12-13H2,1-2H3,(H,23,25)/p+1. The van der Waals surface area contributed by atoms with Crippen molar-refractivity contribution in [2.75, 3.05) is 18.9 Å². The number of para-hydroxylation sites is 1. The third-order valence-corrected chi connectivity index (χ3v) is 3.91. The molecule has 0 aliphatic heterocycles. The van der Waals surface area contributed by atoms with Gasteiger partial charge in [-0.15, -0.1) is 0 Å². The van der Waals surface area contributed by atoms with E-state index in [1.807, 2.05) is 31.3 Å². The summed E-state index contributed by atoms with van der Waals surface area (Å²) in [4.78, 5) is 13.0. The molecule has 25 heavy (non-hydrogen) atoms. The summed E-state index contributed by atoms with van der Waals surface area (Å²) in [5.41, 5.74) is 1.28. The topological polar surface area (TPSA) is 33.5 Å². The maximum absolute atomic E-state index is 13.0. The number of likely N-dealkylation sites (N-methyl/N-ethyl adjacent to an activating group) is 1. The van der Waals surface area contributed by atoms with Crippen LogP contribution in [0, 0.1) is 0 Å². The van der Waals surface area contributed by atoms with E-state index in [2.05, 4.69) is 12.2 Å². The fourth-order valence-electron chi connectivity index (χ4n) is 2.61. The van der Waals surface area contributed by atoms with Crippen molar-refractivity contribution < 1.29 is 22.9 Å². The molecule has 0 heterocycles. The van der Waals surface area contributed by atoms with Crippen LogP contribution in [0.25, 0.3) is 0 Å². The second-order valence-corrected chi connectivity index (χ2v) is 6.07. The molecule has 134 valence electrons. The zero-order valence-electron chi connectivity index (χ0n) is 14.3. The number of amides is 1. The predicted octanol–water partition coefficient (Wildman–Crippen LogP) is 2.92. The number of quaternary nitrogens is 1. The summed E-state index contributed by atoms with van der Waals surface area (Å²) in [6, 6.07) is 13.1. The lowest BCUT2D eigenvalue weighted by atomic mass is 10.1. The fourth-order valence-corrected chi connectivity index (χ4v) is 2.61. The Balaban J connectivity index is 1.96. The zero-order valence-corrected chi connectivity index (χ0v) is 14.3. The highest BCUT2D eigenvalue weighted by molar-refractivity contribution is 5.92. The molecule has 3 nitrogen and oxygen atoms in total. The van der Waals surface area contributed by atoms with Gasteiger partial charge in [-0.2, -0.15) is 13.2 Å². The number of benzene rings is 2. The third-order valence-electron chi connectivity index (χ3n) is 3.91. The van der Waals surface area contributed by atoms with Crippen LogP contribution in [0.5, 0.6) is 0 Å². The minimum atomic E-state index is -4.50. The Bertz CT molecular complexity index is 711. The second kappa shape index (κ2) is 8.16. The molecule has 1 atom stereocenters. The van der Waals surface area contributed by atoms with Crippen LogP contribution in [0.15, 0.2) is 48.5 Å². The largest absolute Gasteiger partial charge is 0.418 e. The number of anilines is 1. The Morgan fingerprint density at radius 3 is 2.24 bits per heavy atom. The number of carbonyl (C=O) groups excluding carboxylic acids is 1. The molecule has 0 aliphatic carbocycles. The maximum atomic E-state index is 13.0. The van der Waals surface area contributed by atoms with Crippen molar-refractivity contribution >= 4 is 11.6 Å². The van der Waals surface area contributed by atoms with Gasteiger partial charge in [0.25, 0.3) is 5.91 Å². The number of carbonyl (C=O) groups is 1. The first-order valence-corrected chi connectivity index (χ1v) is 8.14. The highest BCUT2D eigenvalue weighted by Gasteiger charge is 2.33. The molecule has 0 aliphatic rings. The molecule has 0 spiro atoms. The van der Waals surface area contributed by atoms with E-state index >= 15 is 0 Å². The first-order valence-electron chi connectivity index (χ1n) is 8.14. The van der Waals surface area contributed by atoms with Gasteiger partial charge in [0.15, 0.2) is 6.54 Å². The number of rotatable bonds is 6. The van der Waals surface area contributed by atoms with Crippen molar-refractivity contribution in [3.8, 4) is 0 Å². The zero-order chi connectivity index (χ0) is 18.4. The van der Waals surface area contributed by atoms with Gasteiger partial charge in [-0.25, -0.2) is 0 Å². The lowest BCUT2D eigenvalue weighted by Crippen LogP contribution is -3.08. The molecule has 2 N–H and O–H groups in total. The highest BCUT2D eigenvalue weighted by atomic mass is 19.4. The van der Waals surface area contributed by atoms with Crippen molar-refractivity contribution in [3.05, 3.63) is 65.2 Å². The maximum Gasteiger partial charge on any atom is 0.418 e. The normalized spacial score (nSPS) is 12.7. The summed E-state index contributed by atoms with van der Waals surface area (Å²) in [5.74, 6) is -0.445. The fraction of sp³-hybridized carbons (Fsp3) is 0.316.